The number of alkyl carbamates (subject to hydrolysis) is 1. The minimum absolute atomic E-state index is 0.0281. The van der Waals surface area contributed by atoms with E-state index in [2.05, 4.69) is 10.1 Å². The third-order valence-corrected chi connectivity index (χ3v) is 2.24. The summed E-state index contributed by atoms with van der Waals surface area (Å²) in [5.74, 6) is 0. The first-order valence-corrected chi connectivity index (χ1v) is 5.51. The number of hydrogen-bond acceptors (Lipinski definition) is 4. The van der Waals surface area contributed by atoms with Crippen molar-refractivity contribution in [1.29, 1.82) is 0 Å². The summed E-state index contributed by atoms with van der Waals surface area (Å²) in [5.41, 5.74) is 1.10. The Morgan fingerprint density at radius 1 is 1.41 bits per heavy atom. The van der Waals surface area contributed by atoms with Crippen LogP contribution >= 0.6 is 0 Å². The molecule has 0 fully saturated rings. The monoisotopic (exact) mass is 238 g/mol. The second-order valence-electron chi connectivity index (χ2n) is 3.54. The Kier molecular flexibility index (Phi) is 5.88. The van der Waals surface area contributed by atoms with Gasteiger partial charge in [0.15, 0.2) is 0 Å². The van der Waals surface area contributed by atoms with E-state index in [9.17, 15) is 4.79 Å². The Hall–Kier alpha value is -1.75. The van der Waals surface area contributed by atoms with Gasteiger partial charge in [0.05, 0.1) is 6.61 Å². The van der Waals surface area contributed by atoms with E-state index in [0.717, 1.165) is 5.69 Å². The summed E-state index contributed by atoms with van der Waals surface area (Å²) in [6, 6.07) is 9.90. The lowest BCUT2D eigenvalue weighted by atomic mass is 10.3. The number of nitrogens with zero attached hydrogens (tertiary/aromatic N) is 1. The molecule has 0 spiro atoms. The van der Waals surface area contributed by atoms with Crippen LogP contribution in [0.15, 0.2) is 30.3 Å². The quantitative estimate of drug-likeness (QED) is 0.771. The highest BCUT2D eigenvalue weighted by molar-refractivity contribution is 5.67. The molecule has 17 heavy (non-hydrogen) atoms. The summed E-state index contributed by atoms with van der Waals surface area (Å²) in [7, 11) is 1.95. The number of likely N-dealkylation sites (N-methyl/N-ethyl adjacent to an activating group) is 1. The van der Waals surface area contributed by atoms with E-state index in [1.54, 1.807) is 0 Å². The standard InChI is InChI=1S/C12H18N2O3/c1-14(11-5-3-2-4-6-11)8-7-13-12(16)17-10-9-15/h2-6,15H,7-10H2,1H3,(H,13,16). The molecular formula is C12H18N2O3. The van der Waals surface area contributed by atoms with Gasteiger partial charge in [0, 0.05) is 25.8 Å². The van der Waals surface area contributed by atoms with Crippen LogP contribution in [0.5, 0.6) is 0 Å². The molecule has 0 aliphatic heterocycles. The Balaban J connectivity index is 2.20. The number of nitrogens with one attached hydrogen (secondary N) is 1. The van der Waals surface area contributed by atoms with Gasteiger partial charge in [0.1, 0.15) is 6.61 Å². The van der Waals surface area contributed by atoms with Gasteiger partial charge in [-0.2, -0.15) is 0 Å². The van der Waals surface area contributed by atoms with Crippen LogP contribution in [0.1, 0.15) is 0 Å². The molecule has 5 heteroatoms. The van der Waals surface area contributed by atoms with Crippen molar-refractivity contribution in [3.8, 4) is 0 Å². The summed E-state index contributed by atoms with van der Waals surface area (Å²) >= 11 is 0. The van der Waals surface area contributed by atoms with Crippen LogP contribution in [0, 0.1) is 0 Å². The predicted molar refractivity (Wildman–Crippen MR) is 66.1 cm³/mol. The maximum Gasteiger partial charge on any atom is 0.407 e. The summed E-state index contributed by atoms with van der Waals surface area (Å²) in [4.78, 5) is 13.1. The number of aliphatic hydroxyl groups is 1. The average molecular weight is 238 g/mol. The molecule has 1 amide bonds. The molecule has 0 aliphatic carbocycles. The molecule has 0 bridgehead atoms. The zero-order chi connectivity index (χ0) is 12.5. The van der Waals surface area contributed by atoms with Gasteiger partial charge in [0.25, 0.3) is 0 Å². The fourth-order valence-electron chi connectivity index (χ4n) is 1.33. The molecule has 0 saturated heterocycles. The lowest BCUT2D eigenvalue weighted by molar-refractivity contribution is 0.119. The van der Waals surface area contributed by atoms with Crippen LogP contribution in [0.25, 0.3) is 0 Å². The number of para-hydroxylation sites is 1. The average Bonchev–Trinajstić information content (AvgIpc) is 2.37. The van der Waals surface area contributed by atoms with Crippen LogP contribution in [-0.2, 0) is 4.74 Å². The summed E-state index contributed by atoms with van der Waals surface area (Å²) < 4.78 is 4.66. The Bertz CT molecular complexity index is 330. The van der Waals surface area contributed by atoms with Gasteiger partial charge in [-0.1, -0.05) is 18.2 Å². The van der Waals surface area contributed by atoms with Gasteiger partial charge in [-0.05, 0) is 12.1 Å². The molecule has 5 nitrogen and oxygen atoms in total. The van der Waals surface area contributed by atoms with E-state index < -0.39 is 6.09 Å². The molecule has 0 saturated carbocycles. The first-order chi connectivity index (χ1) is 8.24. The van der Waals surface area contributed by atoms with Gasteiger partial charge >= 0.3 is 6.09 Å². The van der Waals surface area contributed by atoms with Crippen LogP contribution in [0.2, 0.25) is 0 Å². The van der Waals surface area contributed by atoms with E-state index in [-0.39, 0.29) is 13.2 Å². The van der Waals surface area contributed by atoms with Crippen molar-refractivity contribution in [2.75, 3.05) is 38.3 Å². The number of ether oxygens (including phenoxy) is 1. The number of rotatable bonds is 6. The van der Waals surface area contributed by atoms with Crippen molar-refractivity contribution < 1.29 is 14.6 Å². The van der Waals surface area contributed by atoms with Crippen molar-refractivity contribution in [2.45, 2.75) is 0 Å². The second-order valence-corrected chi connectivity index (χ2v) is 3.54. The lowest BCUT2D eigenvalue weighted by Gasteiger charge is -2.19. The zero-order valence-corrected chi connectivity index (χ0v) is 9.93. The van der Waals surface area contributed by atoms with Crippen molar-refractivity contribution in [1.82, 2.24) is 5.32 Å². The fourth-order valence-corrected chi connectivity index (χ4v) is 1.33. The number of aliphatic hydroxyl groups excluding tert-OH is 1. The lowest BCUT2D eigenvalue weighted by Crippen LogP contribution is -2.33. The SMILES string of the molecule is CN(CCNC(=O)OCCO)c1ccccc1. The molecule has 0 aliphatic rings. The second kappa shape index (κ2) is 7.51. The third-order valence-electron chi connectivity index (χ3n) is 2.24. The third kappa shape index (κ3) is 5.21. The molecule has 1 aromatic rings. The fraction of sp³-hybridized carbons (Fsp3) is 0.417. The Labute approximate surface area is 101 Å². The minimum atomic E-state index is -0.500. The number of carbonyl (C=O) groups excluding carboxylic acids is 1. The maximum atomic E-state index is 11.1. The first kappa shape index (κ1) is 13.3. The van der Waals surface area contributed by atoms with E-state index in [4.69, 9.17) is 5.11 Å². The van der Waals surface area contributed by atoms with Gasteiger partial charge in [0.2, 0.25) is 0 Å². The highest BCUT2D eigenvalue weighted by Crippen LogP contribution is 2.09. The maximum absolute atomic E-state index is 11.1. The Morgan fingerprint density at radius 3 is 2.76 bits per heavy atom. The molecule has 0 atom stereocenters. The van der Waals surface area contributed by atoms with Crippen molar-refractivity contribution in [2.24, 2.45) is 0 Å². The molecule has 1 aromatic carbocycles. The van der Waals surface area contributed by atoms with Crippen LogP contribution in [0.3, 0.4) is 0 Å². The van der Waals surface area contributed by atoms with Crippen LogP contribution in [-0.4, -0.2) is 44.6 Å². The molecule has 0 radical (unpaired) electrons. The predicted octanol–water partition coefficient (Wildman–Crippen LogP) is 0.841. The van der Waals surface area contributed by atoms with Crippen molar-refractivity contribution >= 4 is 11.8 Å². The molecule has 2 N–H and O–H groups in total. The smallest absolute Gasteiger partial charge is 0.407 e. The van der Waals surface area contributed by atoms with Gasteiger partial charge in [-0.15, -0.1) is 0 Å². The summed E-state index contributed by atoms with van der Waals surface area (Å²) in [5, 5.41) is 11.1. The van der Waals surface area contributed by atoms with Crippen LogP contribution in [0.4, 0.5) is 10.5 Å². The topological polar surface area (TPSA) is 61.8 Å². The number of carbonyl (C=O) groups is 1. The summed E-state index contributed by atoms with van der Waals surface area (Å²) in [6.45, 7) is 1.06. The molecule has 1 rings (SSSR count). The van der Waals surface area contributed by atoms with Gasteiger partial charge in [-0.3, -0.25) is 0 Å². The Morgan fingerprint density at radius 2 is 2.12 bits per heavy atom. The highest BCUT2D eigenvalue weighted by atomic mass is 16.6. The van der Waals surface area contributed by atoms with Crippen molar-refractivity contribution in [3.05, 3.63) is 30.3 Å². The number of benzene rings is 1. The molecule has 0 heterocycles. The molecule has 0 unspecified atom stereocenters. The van der Waals surface area contributed by atoms with Gasteiger partial charge < -0.3 is 20.1 Å². The zero-order valence-electron chi connectivity index (χ0n) is 9.93. The van der Waals surface area contributed by atoms with Gasteiger partial charge in [-0.25, -0.2) is 4.79 Å². The molecular weight excluding hydrogens is 220 g/mol. The van der Waals surface area contributed by atoms with Crippen molar-refractivity contribution in [3.63, 3.8) is 0 Å². The van der Waals surface area contributed by atoms with E-state index in [1.807, 2.05) is 42.3 Å². The van der Waals surface area contributed by atoms with E-state index >= 15 is 0 Å². The molecule has 0 aromatic heterocycles. The minimum Gasteiger partial charge on any atom is -0.447 e. The summed E-state index contributed by atoms with van der Waals surface area (Å²) in [6.07, 6.45) is -0.500. The number of anilines is 1. The van der Waals surface area contributed by atoms with E-state index in [1.165, 1.54) is 0 Å². The van der Waals surface area contributed by atoms with E-state index in [0.29, 0.717) is 13.1 Å². The molecule has 94 valence electrons. The first-order valence-electron chi connectivity index (χ1n) is 5.51. The largest absolute Gasteiger partial charge is 0.447 e. The highest BCUT2D eigenvalue weighted by Gasteiger charge is 2.02. The van der Waals surface area contributed by atoms with Crippen LogP contribution < -0.4 is 10.2 Å². The number of hydrogen-bond donors (Lipinski definition) is 2. The number of amides is 1. The normalized spacial score (nSPS) is 9.76.